The summed E-state index contributed by atoms with van der Waals surface area (Å²) in [6.45, 7) is 4.60. The monoisotopic (exact) mass is 336 g/mol. The first-order valence-electron chi connectivity index (χ1n) is 8.91. The number of anilines is 2. The molecule has 2 aromatic carbocycles. The summed E-state index contributed by atoms with van der Waals surface area (Å²) in [7, 11) is 0. The molecular weight excluding hydrogens is 312 g/mol. The Labute approximate surface area is 148 Å². The lowest BCUT2D eigenvalue weighted by Crippen LogP contribution is -2.28. The molecule has 2 amide bonds. The van der Waals surface area contributed by atoms with Gasteiger partial charge in [0, 0.05) is 24.3 Å². The number of hydrogen-bond acceptors (Lipinski definition) is 2. The fourth-order valence-electron chi connectivity index (χ4n) is 3.37. The van der Waals surface area contributed by atoms with E-state index in [1.807, 2.05) is 48.5 Å². The fourth-order valence-corrected chi connectivity index (χ4v) is 3.37. The second kappa shape index (κ2) is 7.51. The van der Waals surface area contributed by atoms with Crippen LogP contribution in [0.15, 0.2) is 48.5 Å². The van der Waals surface area contributed by atoms with Gasteiger partial charge in [-0.05, 0) is 36.1 Å². The van der Waals surface area contributed by atoms with Gasteiger partial charge in [-0.1, -0.05) is 50.2 Å². The number of amides is 2. The third kappa shape index (κ3) is 3.58. The van der Waals surface area contributed by atoms with Crippen LogP contribution in [0.4, 0.5) is 11.4 Å². The zero-order valence-electron chi connectivity index (χ0n) is 14.8. The average molecular weight is 336 g/mol. The Bertz CT molecular complexity index is 748. The van der Waals surface area contributed by atoms with E-state index < -0.39 is 0 Å². The zero-order chi connectivity index (χ0) is 17.8. The Kier molecular flexibility index (Phi) is 5.17. The average Bonchev–Trinajstić information content (AvgIpc) is 3.04. The summed E-state index contributed by atoms with van der Waals surface area (Å²) in [5, 5.41) is 3.10. The van der Waals surface area contributed by atoms with Crippen molar-refractivity contribution in [3.63, 3.8) is 0 Å². The smallest absolute Gasteiger partial charge is 0.229 e. The maximum atomic E-state index is 12.8. The van der Waals surface area contributed by atoms with Crippen LogP contribution >= 0.6 is 0 Å². The van der Waals surface area contributed by atoms with E-state index in [0.29, 0.717) is 6.54 Å². The summed E-state index contributed by atoms with van der Waals surface area (Å²) in [5.74, 6) is -0.379. The molecule has 1 aliphatic heterocycles. The van der Waals surface area contributed by atoms with Crippen LogP contribution < -0.4 is 10.2 Å². The molecule has 0 spiro atoms. The third-order valence-electron chi connectivity index (χ3n) is 4.81. The molecule has 130 valence electrons. The maximum absolute atomic E-state index is 12.8. The first-order valence-corrected chi connectivity index (χ1v) is 8.91. The Balaban J connectivity index is 1.76. The molecule has 2 aromatic rings. The lowest BCUT2D eigenvalue weighted by atomic mass is 10.0. The number of carbonyl (C=O) groups is 2. The predicted octanol–water partition coefficient (Wildman–Crippen LogP) is 3.80. The molecule has 1 aliphatic rings. The largest absolute Gasteiger partial charge is 0.325 e. The molecule has 0 saturated carbocycles. The molecule has 3 rings (SSSR count). The summed E-state index contributed by atoms with van der Waals surface area (Å²) in [5.41, 5.74) is 4.04. The molecule has 1 fully saturated rings. The maximum Gasteiger partial charge on any atom is 0.229 e. The van der Waals surface area contributed by atoms with Crippen molar-refractivity contribution in [2.75, 3.05) is 16.8 Å². The Morgan fingerprint density at radius 1 is 1.04 bits per heavy atom. The fraction of sp³-hybridized carbons (Fsp3) is 0.333. The lowest BCUT2D eigenvalue weighted by Gasteiger charge is -2.18. The van der Waals surface area contributed by atoms with E-state index >= 15 is 0 Å². The van der Waals surface area contributed by atoms with Crippen LogP contribution in [0.1, 0.15) is 31.4 Å². The number of para-hydroxylation sites is 2. The molecule has 1 N–H and O–H groups in total. The van der Waals surface area contributed by atoms with Gasteiger partial charge in [-0.3, -0.25) is 9.59 Å². The van der Waals surface area contributed by atoms with Crippen LogP contribution in [0.25, 0.3) is 0 Å². The van der Waals surface area contributed by atoms with E-state index in [4.69, 9.17) is 0 Å². The molecular formula is C21H24N2O2. The molecule has 0 aromatic heterocycles. The number of nitrogens with one attached hydrogen (secondary N) is 1. The Morgan fingerprint density at radius 2 is 1.68 bits per heavy atom. The summed E-state index contributed by atoms with van der Waals surface area (Å²) in [4.78, 5) is 26.8. The van der Waals surface area contributed by atoms with Crippen molar-refractivity contribution in [3.05, 3.63) is 59.7 Å². The van der Waals surface area contributed by atoms with E-state index in [0.717, 1.165) is 35.3 Å². The first kappa shape index (κ1) is 17.2. The summed E-state index contributed by atoms with van der Waals surface area (Å²) < 4.78 is 0. The molecule has 25 heavy (non-hydrogen) atoms. The lowest BCUT2D eigenvalue weighted by molar-refractivity contribution is -0.122. The highest BCUT2D eigenvalue weighted by Gasteiger charge is 2.35. The summed E-state index contributed by atoms with van der Waals surface area (Å²) >= 11 is 0. The normalized spacial score (nSPS) is 17.0. The van der Waals surface area contributed by atoms with Gasteiger partial charge in [0.2, 0.25) is 11.8 Å². The van der Waals surface area contributed by atoms with E-state index in [1.165, 1.54) is 0 Å². The number of nitrogens with zero attached hydrogens (tertiary/aromatic N) is 1. The number of aryl methyl sites for hydroxylation is 2. The summed E-state index contributed by atoms with van der Waals surface area (Å²) in [6.07, 6.45) is 1.99. The van der Waals surface area contributed by atoms with Crippen molar-refractivity contribution in [1.29, 1.82) is 0 Å². The molecule has 1 heterocycles. The molecule has 0 radical (unpaired) electrons. The first-order chi connectivity index (χ1) is 12.1. The van der Waals surface area contributed by atoms with Crippen molar-refractivity contribution in [2.24, 2.45) is 5.92 Å². The Morgan fingerprint density at radius 3 is 2.28 bits per heavy atom. The van der Waals surface area contributed by atoms with Crippen LogP contribution in [0.2, 0.25) is 0 Å². The van der Waals surface area contributed by atoms with E-state index in [2.05, 4.69) is 19.2 Å². The standard InChI is InChI=1S/C21H24N2O2/c1-3-15-9-8-10-16(4-2)20(15)22-21(25)17-13-19(24)23(14-17)18-11-6-5-7-12-18/h5-12,17H,3-4,13-14H2,1-2H3,(H,22,25)/t17-/m0/s1. The zero-order valence-corrected chi connectivity index (χ0v) is 14.8. The second-order valence-electron chi connectivity index (χ2n) is 6.39. The quantitative estimate of drug-likeness (QED) is 0.903. The van der Waals surface area contributed by atoms with Gasteiger partial charge in [0.25, 0.3) is 0 Å². The van der Waals surface area contributed by atoms with E-state index in [9.17, 15) is 9.59 Å². The number of benzene rings is 2. The van der Waals surface area contributed by atoms with Crippen molar-refractivity contribution >= 4 is 23.2 Å². The van der Waals surface area contributed by atoms with Gasteiger partial charge in [-0.2, -0.15) is 0 Å². The second-order valence-corrected chi connectivity index (χ2v) is 6.39. The van der Waals surface area contributed by atoms with Crippen LogP contribution in [0.3, 0.4) is 0 Å². The van der Waals surface area contributed by atoms with Gasteiger partial charge < -0.3 is 10.2 Å². The molecule has 0 aliphatic carbocycles. The summed E-state index contributed by atoms with van der Waals surface area (Å²) in [6, 6.07) is 15.7. The minimum Gasteiger partial charge on any atom is -0.325 e. The SMILES string of the molecule is CCc1cccc(CC)c1NC(=O)[C@H]1CC(=O)N(c2ccccc2)C1. The third-order valence-corrected chi connectivity index (χ3v) is 4.81. The molecule has 4 nitrogen and oxygen atoms in total. The van der Waals surface area contributed by atoms with Gasteiger partial charge in [-0.25, -0.2) is 0 Å². The minimum absolute atomic E-state index is 0.00541. The highest BCUT2D eigenvalue weighted by Crippen LogP contribution is 2.28. The number of rotatable bonds is 5. The highest BCUT2D eigenvalue weighted by molar-refractivity contribution is 6.03. The van der Waals surface area contributed by atoms with Crippen LogP contribution in [0, 0.1) is 5.92 Å². The predicted molar refractivity (Wildman–Crippen MR) is 101 cm³/mol. The van der Waals surface area contributed by atoms with Gasteiger partial charge in [-0.15, -0.1) is 0 Å². The Hall–Kier alpha value is -2.62. The minimum atomic E-state index is -0.317. The molecule has 1 atom stereocenters. The van der Waals surface area contributed by atoms with Crippen molar-refractivity contribution in [3.8, 4) is 0 Å². The van der Waals surface area contributed by atoms with Gasteiger partial charge in [0.1, 0.15) is 0 Å². The van der Waals surface area contributed by atoms with E-state index in [-0.39, 0.29) is 24.2 Å². The highest BCUT2D eigenvalue weighted by atomic mass is 16.2. The molecule has 4 heteroatoms. The van der Waals surface area contributed by atoms with Gasteiger partial charge in [0.05, 0.1) is 5.92 Å². The van der Waals surface area contributed by atoms with Crippen molar-refractivity contribution in [2.45, 2.75) is 33.1 Å². The van der Waals surface area contributed by atoms with Gasteiger partial charge >= 0.3 is 0 Å². The topological polar surface area (TPSA) is 49.4 Å². The van der Waals surface area contributed by atoms with E-state index in [1.54, 1.807) is 4.90 Å². The van der Waals surface area contributed by atoms with Crippen LogP contribution in [-0.2, 0) is 22.4 Å². The molecule has 0 bridgehead atoms. The van der Waals surface area contributed by atoms with Crippen molar-refractivity contribution < 1.29 is 9.59 Å². The molecule has 1 saturated heterocycles. The molecule has 0 unspecified atom stereocenters. The van der Waals surface area contributed by atoms with Crippen molar-refractivity contribution in [1.82, 2.24) is 0 Å². The van der Waals surface area contributed by atoms with Crippen LogP contribution in [-0.4, -0.2) is 18.4 Å². The van der Waals surface area contributed by atoms with Gasteiger partial charge in [0.15, 0.2) is 0 Å². The number of hydrogen-bond donors (Lipinski definition) is 1. The number of carbonyl (C=O) groups excluding carboxylic acids is 2. The van der Waals surface area contributed by atoms with Crippen LogP contribution in [0.5, 0.6) is 0 Å².